The molecule has 0 aliphatic carbocycles. The predicted molar refractivity (Wildman–Crippen MR) is 89.6 cm³/mol. The molecule has 2 amide bonds. The molecule has 2 rings (SSSR count). The van der Waals surface area contributed by atoms with Gasteiger partial charge >= 0.3 is 6.03 Å². The number of benzene rings is 1. The lowest BCUT2D eigenvalue weighted by Gasteiger charge is -2.41. The van der Waals surface area contributed by atoms with Gasteiger partial charge in [0, 0.05) is 5.02 Å². The number of ether oxygens (including phenoxy) is 1. The van der Waals surface area contributed by atoms with Crippen molar-refractivity contribution in [2.45, 2.75) is 0 Å². The number of carbonyl (C=O) groups is 1. The number of anilines is 1. The number of piperazine rings is 1. The first-order chi connectivity index (χ1) is 10.5. The molecule has 1 aromatic rings. The first-order valence-electron chi connectivity index (χ1n) is 7.31. The van der Waals surface area contributed by atoms with Gasteiger partial charge in [-0.05, 0) is 24.3 Å². The van der Waals surface area contributed by atoms with Gasteiger partial charge in [-0.2, -0.15) is 0 Å². The van der Waals surface area contributed by atoms with E-state index in [4.69, 9.17) is 16.3 Å². The molecule has 22 heavy (non-hydrogen) atoms. The SMILES string of the molecule is C=CC[N+]1(C)CCN(C(=O)Nc2cc(Cl)ccc2OC)CC1. The molecule has 1 N–H and O–H groups in total. The molecule has 0 bridgehead atoms. The van der Waals surface area contributed by atoms with Crippen molar-refractivity contribution in [3.05, 3.63) is 35.9 Å². The van der Waals surface area contributed by atoms with Crippen molar-refractivity contribution in [2.75, 3.05) is 52.2 Å². The summed E-state index contributed by atoms with van der Waals surface area (Å²) in [7, 11) is 3.76. The van der Waals surface area contributed by atoms with Crippen LogP contribution in [0.15, 0.2) is 30.9 Å². The number of rotatable bonds is 4. The summed E-state index contributed by atoms with van der Waals surface area (Å²) in [4.78, 5) is 14.2. The molecule has 0 spiro atoms. The molecule has 1 fully saturated rings. The van der Waals surface area contributed by atoms with Crippen LogP contribution >= 0.6 is 11.6 Å². The van der Waals surface area contributed by atoms with Gasteiger partial charge in [0.05, 0.1) is 52.6 Å². The number of carbonyl (C=O) groups excluding carboxylic acids is 1. The standard InChI is InChI=1S/C16H22ClN3O2/c1-4-9-20(2)10-7-19(8-11-20)16(21)18-14-12-13(17)5-6-15(14)22-3/h4-6,12H,1,7-11H2,2-3H3/p+1. The molecule has 1 saturated heterocycles. The minimum absolute atomic E-state index is 0.120. The third kappa shape index (κ3) is 3.93. The molecule has 6 heteroatoms. The number of likely N-dealkylation sites (N-methyl/N-ethyl adjacent to an activating group) is 1. The Morgan fingerprint density at radius 3 is 2.77 bits per heavy atom. The van der Waals surface area contributed by atoms with Crippen molar-refractivity contribution in [3.63, 3.8) is 0 Å². The summed E-state index contributed by atoms with van der Waals surface area (Å²) >= 11 is 5.98. The maximum atomic E-state index is 12.4. The molecule has 0 radical (unpaired) electrons. The molecule has 0 atom stereocenters. The van der Waals surface area contributed by atoms with Crippen molar-refractivity contribution in [3.8, 4) is 5.75 Å². The molecule has 1 aliphatic rings. The van der Waals surface area contributed by atoms with Crippen molar-refractivity contribution in [2.24, 2.45) is 0 Å². The van der Waals surface area contributed by atoms with E-state index in [1.54, 1.807) is 25.3 Å². The van der Waals surface area contributed by atoms with Gasteiger partial charge in [-0.25, -0.2) is 4.79 Å². The minimum atomic E-state index is -0.120. The molecule has 0 saturated carbocycles. The van der Waals surface area contributed by atoms with E-state index in [9.17, 15) is 4.79 Å². The average molecular weight is 325 g/mol. The zero-order valence-electron chi connectivity index (χ0n) is 13.1. The van der Waals surface area contributed by atoms with Gasteiger partial charge in [0.15, 0.2) is 0 Å². The summed E-state index contributed by atoms with van der Waals surface area (Å²) in [5, 5.41) is 3.44. The summed E-state index contributed by atoms with van der Waals surface area (Å²) in [6.45, 7) is 8.02. The van der Waals surface area contributed by atoms with Gasteiger partial charge in [-0.1, -0.05) is 18.2 Å². The van der Waals surface area contributed by atoms with Crippen molar-refractivity contribution < 1.29 is 14.0 Å². The van der Waals surface area contributed by atoms with Crippen LogP contribution in [-0.2, 0) is 0 Å². The number of urea groups is 1. The summed E-state index contributed by atoms with van der Waals surface area (Å²) in [6.07, 6.45) is 1.94. The molecule has 120 valence electrons. The highest BCUT2D eigenvalue weighted by molar-refractivity contribution is 6.31. The van der Waals surface area contributed by atoms with Crippen molar-refractivity contribution >= 4 is 23.3 Å². The highest BCUT2D eigenvalue weighted by atomic mass is 35.5. The average Bonchev–Trinajstić information content (AvgIpc) is 2.48. The highest BCUT2D eigenvalue weighted by Crippen LogP contribution is 2.28. The smallest absolute Gasteiger partial charge is 0.322 e. The first kappa shape index (κ1) is 16.6. The Kier molecular flexibility index (Phi) is 5.32. The van der Waals surface area contributed by atoms with Crippen molar-refractivity contribution in [1.82, 2.24) is 4.90 Å². The number of halogens is 1. The molecule has 0 aromatic heterocycles. The number of nitrogens with one attached hydrogen (secondary N) is 1. The van der Waals surface area contributed by atoms with Crippen LogP contribution in [0.1, 0.15) is 0 Å². The largest absolute Gasteiger partial charge is 0.495 e. The van der Waals surface area contributed by atoms with Crippen molar-refractivity contribution in [1.29, 1.82) is 0 Å². The van der Waals surface area contributed by atoms with Gasteiger partial charge < -0.3 is 19.4 Å². The van der Waals surface area contributed by atoms with Crippen LogP contribution in [0.4, 0.5) is 10.5 Å². The Balaban J connectivity index is 1.99. The van der Waals surface area contributed by atoms with Gasteiger partial charge in [-0.15, -0.1) is 0 Å². The second kappa shape index (κ2) is 7.03. The second-order valence-corrected chi connectivity index (χ2v) is 6.24. The first-order valence-corrected chi connectivity index (χ1v) is 7.69. The number of methoxy groups -OCH3 is 1. The molecular formula is C16H23ClN3O2+. The predicted octanol–water partition coefficient (Wildman–Crippen LogP) is 2.83. The number of quaternary nitrogens is 1. The fraction of sp³-hybridized carbons (Fsp3) is 0.438. The van der Waals surface area contributed by atoms with E-state index in [2.05, 4.69) is 18.9 Å². The lowest BCUT2D eigenvalue weighted by Crippen LogP contribution is -2.58. The summed E-state index contributed by atoms with van der Waals surface area (Å²) in [5.74, 6) is 0.599. The van der Waals surface area contributed by atoms with E-state index in [0.29, 0.717) is 16.5 Å². The summed E-state index contributed by atoms with van der Waals surface area (Å²) in [6, 6.07) is 5.05. The monoisotopic (exact) mass is 324 g/mol. The van der Waals surface area contributed by atoms with Gasteiger partial charge in [-0.3, -0.25) is 0 Å². The number of hydrogen-bond donors (Lipinski definition) is 1. The van der Waals surface area contributed by atoms with Crippen LogP contribution in [0.25, 0.3) is 0 Å². The summed E-state index contributed by atoms with van der Waals surface area (Å²) < 4.78 is 6.17. The highest BCUT2D eigenvalue weighted by Gasteiger charge is 2.30. The maximum absolute atomic E-state index is 12.4. The maximum Gasteiger partial charge on any atom is 0.322 e. The van der Waals surface area contributed by atoms with E-state index in [-0.39, 0.29) is 6.03 Å². The van der Waals surface area contributed by atoms with E-state index < -0.39 is 0 Å². The van der Waals surface area contributed by atoms with Crippen LogP contribution in [0, 0.1) is 0 Å². The zero-order chi connectivity index (χ0) is 16.2. The fourth-order valence-corrected chi connectivity index (χ4v) is 2.79. The third-order valence-electron chi connectivity index (χ3n) is 4.08. The Hall–Kier alpha value is -1.72. The van der Waals surface area contributed by atoms with E-state index >= 15 is 0 Å². The molecule has 1 aliphatic heterocycles. The van der Waals surface area contributed by atoms with Gasteiger partial charge in [0.1, 0.15) is 5.75 Å². The lowest BCUT2D eigenvalue weighted by molar-refractivity contribution is -0.907. The molecule has 5 nitrogen and oxygen atoms in total. The van der Waals surface area contributed by atoms with E-state index in [1.165, 1.54) is 0 Å². The van der Waals surface area contributed by atoms with Crippen LogP contribution in [0.3, 0.4) is 0 Å². The topological polar surface area (TPSA) is 41.6 Å². The Morgan fingerprint density at radius 2 is 2.18 bits per heavy atom. The van der Waals surface area contributed by atoms with Gasteiger partial charge in [0.25, 0.3) is 0 Å². The Bertz CT molecular complexity index is 554. The minimum Gasteiger partial charge on any atom is -0.495 e. The third-order valence-corrected chi connectivity index (χ3v) is 4.31. The van der Waals surface area contributed by atoms with E-state index in [1.807, 2.05) is 11.0 Å². The summed E-state index contributed by atoms with van der Waals surface area (Å²) in [5.41, 5.74) is 0.592. The number of amides is 2. The number of hydrogen-bond acceptors (Lipinski definition) is 2. The molecule has 1 heterocycles. The Morgan fingerprint density at radius 1 is 1.50 bits per heavy atom. The number of nitrogens with zero attached hydrogens (tertiary/aromatic N) is 2. The van der Waals surface area contributed by atoms with Crippen LogP contribution in [0.5, 0.6) is 5.75 Å². The van der Waals surface area contributed by atoms with Crippen LogP contribution in [0.2, 0.25) is 5.02 Å². The lowest BCUT2D eigenvalue weighted by atomic mass is 10.2. The van der Waals surface area contributed by atoms with E-state index in [0.717, 1.165) is 37.2 Å². The van der Waals surface area contributed by atoms with Crippen LogP contribution < -0.4 is 10.1 Å². The second-order valence-electron chi connectivity index (χ2n) is 5.80. The zero-order valence-corrected chi connectivity index (χ0v) is 13.9. The van der Waals surface area contributed by atoms with Gasteiger partial charge in [0.2, 0.25) is 0 Å². The van der Waals surface area contributed by atoms with Crippen LogP contribution in [-0.4, -0.2) is 62.3 Å². The quantitative estimate of drug-likeness (QED) is 0.683. The molecule has 0 unspecified atom stereocenters. The Labute approximate surface area is 136 Å². The molecule has 1 aromatic carbocycles. The fourth-order valence-electron chi connectivity index (χ4n) is 2.62. The molecular weight excluding hydrogens is 302 g/mol. The normalized spacial score (nSPS) is 17.0.